The van der Waals surface area contributed by atoms with Gasteiger partial charge >= 0.3 is 8.60 Å². The Balaban J connectivity index is 1.87. The Kier molecular flexibility index (Phi) is 8.00. The third-order valence-corrected chi connectivity index (χ3v) is 5.51. The fraction of sp³-hybridized carbons (Fsp3) is 0.700. The van der Waals surface area contributed by atoms with Crippen molar-refractivity contribution in [2.45, 2.75) is 72.1 Å². The summed E-state index contributed by atoms with van der Waals surface area (Å²) in [4.78, 5) is 0. The molecule has 0 saturated carbocycles. The first-order chi connectivity index (χ1) is 11.5. The van der Waals surface area contributed by atoms with E-state index >= 15 is 0 Å². The predicted molar refractivity (Wildman–Crippen MR) is 101 cm³/mol. The molecule has 0 amide bonds. The molecule has 1 aromatic carbocycles. The van der Waals surface area contributed by atoms with Gasteiger partial charge in [0.1, 0.15) is 5.75 Å². The summed E-state index contributed by atoms with van der Waals surface area (Å²) < 4.78 is 17.6. The van der Waals surface area contributed by atoms with Gasteiger partial charge in [0, 0.05) is 5.41 Å². The van der Waals surface area contributed by atoms with E-state index in [0.29, 0.717) is 19.1 Å². The molecule has 0 N–H and O–H groups in total. The molecular weight excluding hydrogens is 319 g/mol. The number of hydrogen-bond acceptors (Lipinski definition) is 3. The Bertz CT molecular complexity index is 480. The molecule has 4 heteroatoms. The highest BCUT2D eigenvalue weighted by Gasteiger charge is 2.31. The van der Waals surface area contributed by atoms with Crippen LogP contribution in [0.25, 0.3) is 0 Å². The first kappa shape index (κ1) is 19.7. The molecule has 24 heavy (non-hydrogen) atoms. The summed E-state index contributed by atoms with van der Waals surface area (Å²) in [5, 5.41) is 0. The average Bonchev–Trinajstić information content (AvgIpc) is 2.57. The summed E-state index contributed by atoms with van der Waals surface area (Å²) in [7, 11) is -1.27. The number of rotatable bonds is 9. The summed E-state index contributed by atoms with van der Waals surface area (Å²) in [6, 6.07) is 8.33. The van der Waals surface area contributed by atoms with Gasteiger partial charge in [-0.25, -0.2) is 0 Å². The zero-order chi connectivity index (χ0) is 17.4. The lowest BCUT2D eigenvalue weighted by molar-refractivity contribution is 0.0425. The molecule has 2 rings (SSSR count). The van der Waals surface area contributed by atoms with Crippen LogP contribution in [0.5, 0.6) is 5.75 Å². The first-order valence-corrected chi connectivity index (χ1v) is 10.4. The van der Waals surface area contributed by atoms with Gasteiger partial charge in [-0.3, -0.25) is 0 Å². The molecule has 0 spiro atoms. The highest BCUT2D eigenvalue weighted by atomic mass is 31.2. The zero-order valence-corrected chi connectivity index (χ0v) is 16.6. The maximum Gasteiger partial charge on any atom is 0.397 e. The van der Waals surface area contributed by atoms with E-state index < -0.39 is 8.60 Å². The lowest BCUT2D eigenvalue weighted by Crippen LogP contribution is -2.29. The van der Waals surface area contributed by atoms with Crippen molar-refractivity contribution in [1.29, 1.82) is 0 Å². The van der Waals surface area contributed by atoms with E-state index in [1.165, 1.54) is 44.1 Å². The van der Waals surface area contributed by atoms with Crippen LogP contribution in [-0.4, -0.2) is 13.2 Å². The van der Waals surface area contributed by atoms with Crippen LogP contribution in [0.4, 0.5) is 0 Å². The Morgan fingerprint density at radius 2 is 1.75 bits per heavy atom. The van der Waals surface area contributed by atoms with E-state index in [9.17, 15) is 0 Å². The molecule has 0 aromatic heterocycles. The largest absolute Gasteiger partial charge is 0.426 e. The van der Waals surface area contributed by atoms with Gasteiger partial charge in [0.2, 0.25) is 0 Å². The second kappa shape index (κ2) is 9.75. The minimum atomic E-state index is -1.27. The van der Waals surface area contributed by atoms with Gasteiger partial charge in [0.15, 0.2) is 0 Å². The van der Waals surface area contributed by atoms with Gasteiger partial charge in [-0.2, -0.15) is 0 Å². The minimum absolute atomic E-state index is 0.0769. The predicted octanol–water partition coefficient (Wildman–Crippen LogP) is 6.83. The molecule has 1 atom stereocenters. The molecule has 1 fully saturated rings. The Morgan fingerprint density at radius 3 is 2.46 bits per heavy atom. The second-order valence-corrected chi connectivity index (χ2v) is 8.81. The molecule has 1 heterocycles. The van der Waals surface area contributed by atoms with Gasteiger partial charge in [-0.1, -0.05) is 78.0 Å². The Morgan fingerprint density at radius 1 is 1.08 bits per heavy atom. The monoisotopic (exact) mass is 352 g/mol. The van der Waals surface area contributed by atoms with E-state index in [4.69, 9.17) is 13.6 Å². The highest BCUT2D eigenvalue weighted by Crippen LogP contribution is 2.48. The average molecular weight is 352 g/mol. The summed E-state index contributed by atoms with van der Waals surface area (Å²) in [6.45, 7) is 10.2. The number of para-hydroxylation sites is 1. The summed E-state index contributed by atoms with van der Waals surface area (Å²) in [6.07, 6.45) is 7.82. The van der Waals surface area contributed by atoms with Crippen LogP contribution < -0.4 is 4.52 Å². The second-order valence-electron chi connectivity index (χ2n) is 7.67. The van der Waals surface area contributed by atoms with Crippen LogP contribution in [0, 0.1) is 5.41 Å². The van der Waals surface area contributed by atoms with Crippen LogP contribution in [0.2, 0.25) is 0 Å². The molecule has 0 radical (unpaired) electrons. The molecule has 0 bridgehead atoms. The fourth-order valence-electron chi connectivity index (χ4n) is 2.85. The van der Waals surface area contributed by atoms with Gasteiger partial charge in [-0.15, -0.1) is 0 Å². The number of unbranched alkanes of at least 4 members (excludes halogenated alkanes) is 4. The topological polar surface area (TPSA) is 27.7 Å². The van der Waals surface area contributed by atoms with E-state index in [1.807, 2.05) is 12.1 Å². The fourth-order valence-corrected chi connectivity index (χ4v) is 4.26. The standard InChI is InChI=1S/C20H33O3P/c1-5-6-7-8-9-12-17(2)18-13-10-11-14-19(18)23-24-21-15-20(3,4)16-22-24/h10-11,13-14,17H,5-9,12,15-16H2,1-4H3. The highest BCUT2D eigenvalue weighted by molar-refractivity contribution is 7.42. The lowest BCUT2D eigenvalue weighted by Gasteiger charge is -2.32. The third kappa shape index (κ3) is 6.35. The molecule has 3 nitrogen and oxygen atoms in total. The lowest BCUT2D eigenvalue weighted by atomic mass is 9.94. The molecule has 136 valence electrons. The van der Waals surface area contributed by atoms with Gasteiger partial charge < -0.3 is 13.6 Å². The van der Waals surface area contributed by atoms with Crippen LogP contribution in [0.1, 0.15) is 77.7 Å². The minimum Gasteiger partial charge on any atom is -0.426 e. The van der Waals surface area contributed by atoms with Crippen LogP contribution >= 0.6 is 8.60 Å². The van der Waals surface area contributed by atoms with E-state index in [2.05, 4.69) is 39.8 Å². The van der Waals surface area contributed by atoms with Gasteiger partial charge in [0.05, 0.1) is 13.2 Å². The smallest absolute Gasteiger partial charge is 0.397 e. The van der Waals surface area contributed by atoms with Crippen molar-refractivity contribution in [3.8, 4) is 5.75 Å². The van der Waals surface area contributed by atoms with E-state index in [-0.39, 0.29) is 5.41 Å². The molecule has 1 saturated heterocycles. The van der Waals surface area contributed by atoms with Gasteiger partial charge in [0.25, 0.3) is 0 Å². The number of benzene rings is 1. The maximum absolute atomic E-state index is 6.07. The number of hydrogen-bond donors (Lipinski definition) is 0. The van der Waals surface area contributed by atoms with Crippen molar-refractivity contribution in [2.24, 2.45) is 5.41 Å². The summed E-state index contributed by atoms with van der Waals surface area (Å²) >= 11 is 0. The quantitative estimate of drug-likeness (QED) is 0.360. The summed E-state index contributed by atoms with van der Waals surface area (Å²) in [5.74, 6) is 1.42. The van der Waals surface area contributed by atoms with Crippen molar-refractivity contribution < 1.29 is 13.6 Å². The van der Waals surface area contributed by atoms with Crippen molar-refractivity contribution in [3.63, 3.8) is 0 Å². The SMILES string of the molecule is CCCCCCCC(C)c1ccccc1OP1OCC(C)(C)CO1. The molecule has 1 aromatic rings. The van der Waals surface area contributed by atoms with Crippen molar-refractivity contribution in [3.05, 3.63) is 29.8 Å². The van der Waals surface area contributed by atoms with Crippen molar-refractivity contribution in [2.75, 3.05) is 13.2 Å². The van der Waals surface area contributed by atoms with Crippen LogP contribution in [-0.2, 0) is 9.05 Å². The molecule has 0 aliphatic carbocycles. The molecule has 1 aliphatic heterocycles. The maximum atomic E-state index is 6.07. The normalized spacial score (nSPS) is 19.2. The Hall–Kier alpha value is -0.630. The van der Waals surface area contributed by atoms with Crippen LogP contribution in [0.15, 0.2) is 24.3 Å². The Labute approximate surface area is 149 Å². The molecular formula is C20H33O3P. The molecule has 1 aliphatic rings. The third-order valence-electron chi connectivity index (χ3n) is 4.48. The van der Waals surface area contributed by atoms with Gasteiger partial charge in [-0.05, 0) is 24.0 Å². The van der Waals surface area contributed by atoms with E-state index in [0.717, 1.165) is 5.75 Å². The zero-order valence-electron chi connectivity index (χ0n) is 15.7. The van der Waals surface area contributed by atoms with Crippen LogP contribution in [0.3, 0.4) is 0 Å². The molecule has 1 unspecified atom stereocenters. The van der Waals surface area contributed by atoms with E-state index in [1.54, 1.807) is 0 Å². The van der Waals surface area contributed by atoms with Crippen molar-refractivity contribution >= 4 is 8.60 Å². The first-order valence-electron chi connectivity index (χ1n) is 9.35. The summed E-state index contributed by atoms with van der Waals surface area (Å²) in [5.41, 5.74) is 1.35. The van der Waals surface area contributed by atoms with Crippen molar-refractivity contribution in [1.82, 2.24) is 0 Å².